The predicted octanol–water partition coefficient (Wildman–Crippen LogP) is 3.38. The average Bonchev–Trinajstić information content (AvgIpc) is 2.69. The summed E-state index contributed by atoms with van der Waals surface area (Å²) in [5.41, 5.74) is 2.44. The van der Waals surface area contributed by atoms with E-state index in [9.17, 15) is 13.2 Å². The largest absolute Gasteiger partial charge is 0.294 e. The summed E-state index contributed by atoms with van der Waals surface area (Å²) in [5, 5.41) is 0. The molecule has 0 atom stereocenters. The Bertz CT molecular complexity index is 860. The molecule has 23 heavy (non-hydrogen) atoms. The Labute approximate surface area is 149 Å². The molecule has 0 N–H and O–H groups in total. The van der Waals surface area contributed by atoms with Gasteiger partial charge in [0.15, 0.2) is 5.78 Å². The highest BCUT2D eigenvalue weighted by Gasteiger charge is 2.30. The number of hydrogen-bond donors (Lipinski definition) is 0. The van der Waals surface area contributed by atoms with Crippen LogP contribution in [0.15, 0.2) is 47.4 Å². The maximum atomic E-state index is 12.9. The van der Waals surface area contributed by atoms with Crippen molar-refractivity contribution in [3.8, 4) is 0 Å². The molecular weight excluding hydrogens is 425 g/mol. The van der Waals surface area contributed by atoms with Crippen LogP contribution in [0.1, 0.15) is 27.9 Å². The summed E-state index contributed by atoms with van der Waals surface area (Å²) >= 11 is 2.15. The Hall–Kier alpha value is -1.25. The van der Waals surface area contributed by atoms with Crippen LogP contribution >= 0.6 is 22.6 Å². The van der Waals surface area contributed by atoms with Gasteiger partial charge in [0.1, 0.15) is 0 Å². The van der Waals surface area contributed by atoms with E-state index < -0.39 is 10.0 Å². The van der Waals surface area contributed by atoms with Gasteiger partial charge in [-0.1, -0.05) is 29.8 Å². The minimum Gasteiger partial charge on any atom is -0.294 e. The van der Waals surface area contributed by atoms with Crippen LogP contribution in [0.3, 0.4) is 0 Å². The van der Waals surface area contributed by atoms with Crippen molar-refractivity contribution in [3.63, 3.8) is 0 Å². The second kappa shape index (κ2) is 6.33. The fourth-order valence-corrected chi connectivity index (χ4v) is 4.74. The van der Waals surface area contributed by atoms with E-state index in [0.717, 1.165) is 14.7 Å². The third-order valence-electron chi connectivity index (χ3n) is 4.00. The molecule has 0 aliphatic carbocycles. The Morgan fingerprint density at radius 3 is 2.48 bits per heavy atom. The first kappa shape index (κ1) is 16.6. The van der Waals surface area contributed by atoms with Gasteiger partial charge < -0.3 is 0 Å². The summed E-state index contributed by atoms with van der Waals surface area (Å²) in [4.78, 5) is 12.6. The maximum absolute atomic E-state index is 12.9. The predicted molar refractivity (Wildman–Crippen MR) is 96.9 cm³/mol. The Kier molecular flexibility index (Phi) is 4.57. The molecule has 3 rings (SSSR count). The van der Waals surface area contributed by atoms with E-state index in [1.807, 2.05) is 19.1 Å². The summed E-state index contributed by atoms with van der Waals surface area (Å²) in [7, 11) is -3.61. The number of benzene rings is 2. The number of sulfonamides is 1. The van der Waals surface area contributed by atoms with Crippen LogP contribution in [-0.2, 0) is 16.6 Å². The van der Waals surface area contributed by atoms with E-state index in [1.54, 1.807) is 30.3 Å². The van der Waals surface area contributed by atoms with Crippen LogP contribution in [0.25, 0.3) is 0 Å². The lowest BCUT2D eigenvalue weighted by Gasteiger charge is -2.21. The minimum atomic E-state index is -3.61. The highest BCUT2D eigenvalue weighted by molar-refractivity contribution is 14.1. The smallest absolute Gasteiger partial charge is 0.243 e. The molecule has 0 spiro atoms. The molecule has 1 aliphatic rings. The van der Waals surface area contributed by atoms with E-state index in [4.69, 9.17) is 0 Å². The third kappa shape index (κ3) is 3.20. The van der Waals surface area contributed by atoms with E-state index in [1.165, 1.54) is 4.31 Å². The fourth-order valence-electron chi connectivity index (χ4n) is 2.66. The molecule has 0 unspecified atom stereocenters. The number of carbonyl (C=O) groups is 1. The molecular formula is C17H16INO3S. The van der Waals surface area contributed by atoms with Crippen LogP contribution in [0.2, 0.25) is 0 Å². The van der Waals surface area contributed by atoms with Crippen LogP contribution in [0.4, 0.5) is 0 Å². The van der Waals surface area contributed by atoms with Gasteiger partial charge in [0.05, 0.1) is 4.90 Å². The number of carbonyl (C=O) groups excluding carboxylic acids is 1. The lowest BCUT2D eigenvalue weighted by atomic mass is 10.0. The number of rotatable bonds is 2. The van der Waals surface area contributed by atoms with E-state index in [2.05, 4.69) is 22.6 Å². The Balaban J connectivity index is 2.03. The van der Waals surface area contributed by atoms with Crippen molar-refractivity contribution < 1.29 is 13.2 Å². The topological polar surface area (TPSA) is 54.5 Å². The average molecular weight is 441 g/mol. The molecule has 0 saturated carbocycles. The molecule has 120 valence electrons. The van der Waals surface area contributed by atoms with Crippen LogP contribution < -0.4 is 0 Å². The highest BCUT2D eigenvalue weighted by Crippen LogP contribution is 2.27. The van der Waals surface area contributed by atoms with Crippen LogP contribution in [-0.4, -0.2) is 25.1 Å². The van der Waals surface area contributed by atoms with E-state index >= 15 is 0 Å². The summed E-state index contributed by atoms with van der Waals surface area (Å²) < 4.78 is 28.1. The van der Waals surface area contributed by atoms with Crippen LogP contribution in [0, 0.1) is 10.5 Å². The molecule has 1 aliphatic heterocycles. The van der Waals surface area contributed by atoms with Crippen molar-refractivity contribution in [2.45, 2.75) is 24.8 Å². The molecule has 0 aromatic heterocycles. The Morgan fingerprint density at radius 2 is 1.78 bits per heavy atom. The summed E-state index contributed by atoms with van der Waals surface area (Å²) in [6.45, 7) is 2.36. The normalized spacial score (nSPS) is 16.0. The molecule has 0 saturated heterocycles. The SMILES string of the molecule is Cc1ccc(S(=O)(=O)N2CCC(=O)c3cccc(I)c3C2)cc1. The van der Waals surface area contributed by atoms with Gasteiger partial charge in [0.2, 0.25) is 10.0 Å². The van der Waals surface area contributed by atoms with Crippen molar-refractivity contribution in [1.29, 1.82) is 0 Å². The van der Waals surface area contributed by atoms with E-state index in [-0.39, 0.29) is 30.2 Å². The summed E-state index contributed by atoms with van der Waals surface area (Å²) in [6.07, 6.45) is 0.207. The molecule has 4 nitrogen and oxygen atoms in total. The van der Waals surface area contributed by atoms with Gasteiger partial charge in [0, 0.05) is 28.6 Å². The van der Waals surface area contributed by atoms with Gasteiger partial charge in [-0.25, -0.2) is 8.42 Å². The Morgan fingerprint density at radius 1 is 1.09 bits per heavy atom. The molecule has 1 heterocycles. The zero-order valence-electron chi connectivity index (χ0n) is 12.6. The number of nitrogens with zero attached hydrogens (tertiary/aromatic N) is 1. The highest BCUT2D eigenvalue weighted by atomic mass is 127. The van der Waals surface area contributed by atoms with Gasteiger partial charge in [-0.3, -0.25) is 4.79 Å². The van der Waals surface area contributed by atoms with Crippen molar-refractivity contribution in [2.24, 2.45) is 0 Å². The molecule has 6 heteroatoms. The molecule has 0 radical (unpaired) electrons. The van der Waals surface area contributed by atoms with Gasteiger partial charge >= 0.3 is 0 Å². The molecule has 2 aromatic carbocycles. The van der Waals surface area contributed by atoms with Crippen molar-refractivity contribution in [2.75, 3.05) is 6.54 Å². The van der Waals surface area contributed by atoms with Gasteiger partial charge in [0.25, 0.3) is 0 Å². The van der Waals surface area contributed by atoms with Gasteiger partial charge in [-0.2, -0.15) is 4.31 Å². The minimum absolute atomic E-state index is 0.000113. The first-order valence-electron chi connectivity index (χ1n) is 7.27. The van der Waals surface area contributed by atoms with E-state index in [0.29, 0.717) is 5.56 Å². The second-order valence-corrected chi connectivity index (χ2v) is 8.69. The monoisotopic (exact) mass is 441 g/mol. The summed E-state index contributed by atoms with van der Waals surface area (Å²) in [5.74, 6) is 0.000113. The molecule has 2 aromatic rings. The number of ketones is 1. The number of Topliss-reactive ketones (excluding diaryl/α,β-unsaturated/α-hetero) is 1. The maximum Gasteiger partial charge on any atom is 0.243 e. The van der Waals surface area contributed by atoms with Crippen LogP contribution in [0.5, 0.6) is 0 Å². The van der Waals surface area contributed by atoms with Crippen molar-refractivity contribution in [3.05, 3.63) is 62.7 Å². The van der Waals surface area contributed by atoms with Crippen molar-refractivity contribution in [1.82, 2.24) is 4.31 Å². The summed E-state index contributed by atoms with van der Waals surface area (Å²) in [6, 6.07) is 12.3. The first-order valence-corrected chi connectivity index (χ1v) is 9.79. The zero-order valence-corrected chi connectivity index (χ0v) is 15.6. The zero-order chi connectivity index (χ0) is 16.6. The number of hydrogen-bond acceptors (Lipinski definition) is 3. The third-order valence-corrected chi connectivity index (χ3v) is 6.87. The van der Waals surface area contributed by atoms with Gasteiger partial charge in [-0.05, 0) is 53.3 Å². The number of aryl methyl sites for hydroxylation is 1. The first-order chi connectivity index (χ1) is 10.9. The van der Waals surface area contributed by atoms with Gasteiger partial charge in [-0.15, -0.1) is 0 Å². The quantitative estimate of drug-likeness (QED) is 0.672. The van der Waals surface area contributed by atoms with Crippen molar-refractivity contribution >= 4 is 38.4 Å². The second-order valence-electron chi connectivity index (χ2n) is 5.59. The number of fused-ring (bicyclic) bond motifs is 1. The molecule has 0 fully saturated rings. The number of halogens is 1. The fraction of sp³-hybridized carbons (Fsp3) is 0.235. The lowest BCUT2D eigenvalue weighted by molar-refractivity contribution is 0.0981. The molecule has 0 amide bonds. The molecule has 0 bridgehead atoms. The standard InChI is InChI=1S/C17H16INO3S/c1-12-5-7-13(8-6-12)23(21,22)19-10-9-17(20)14-3-2-4-16(18)15(14)11-19/h2-8H,9-11H2,1H3. The lowest BCUT2D eigenvalue weighted by Crippen LogP contribution is -2.31.